The van der Waals surface area contributed by atoms with E-state index in [0.29, 0.717) is 18.1 Å². The molecule has 0 saturated carbocycles. The van der Waals surface area contributed by atoms with Crippen LogP contribution in [0.4, 0.5) is 0 Å². The van der Waals surface area contributed by atoms with Crippen LogP contribution >= 0.6 is 0 Å². The predicted octanol–water partition coefficient (Wildman–Crippen LogP) is 4.19. The second-order valence-corrected chi connectivity index (χ2v) is 9.23. The molecule has 32 heavy (non-hydrogen) atoms. The number of ether oxygens (including phenoxy) is 2. The Morgan fingerprint density at radius 2 is 1.97 bits per heavy atom. The number of aromatic nitrogens is 3. The Morgan fingerprint density at radius 3 is 2.69 bits per heavy atom. The zero-order chi connectivity index (χ0) is 22.7. The van der Waals surface area contributed by atoms with Gasteiger partial charge in [0.25, 0.3) is 5.56 Å². The highest BCUT2D eigenvalue weighted by Crippen LogP contribution is 2.27. The second kappa shape index (κ2) is 9.88. The molecule has 4 rings (SSSR count). The fourth-order valence-electron chi connectivity index (χ4n) is 4.32. The molecule has 0 amide bonds. The summed E-state index contributed by atoms with van der Waals surface area (Å²) in [5.41, 5.74) is 3.56. The molecule has 0 spiro atoms. The Labute approximate surface area is 189 Å². The van der Waals surface area contributed by atoms with Gasteiger partial charge in [0.15, 0.2) is 5.65 Å². The van der Waals surface area contributed by atoms with Crippen molar-refractivity contribution in [1.82, 2.24) is 19.9 Å². The van der Waals surface area contributed by atoms with Crippen LogP contribution in [0.2, 0.25) is 0 Å². The summed E-state index contributed by atoms with van der Waals surface area (Å²) in [5.74, 6) is 1.52. The number of fused-ring (bicyclic) bond motifs is 1. The van der Waals surface area contributed by atoms with E-state index in [1.54, 1.807) is 10.6 Å². The minimum absolute atomic E-state index is 0.0381. The molecule has 1 saturated heterocycles. The topological polar surface area (TPSA) is 80.6 Å². The van der Waals surface area contributed by atoms with E-state index in [1.807, 2.05) is 32.0 Å². The van der Waals surface area contributed by atoms with Gasteiger partial charge >= 0.3 is 0 Å². The molecule has 1 aromatic carbocycles. The first kappa shape index (κ1) is 22.6. The van der Waals surface area contributed by atoms with Gasteiger partial charge in [0.2, 0.25) is 0 Å². The molecule has 3 heterocycles. The molecule has 1 fully saturated rings. The van der Waals surface area contributed by atoms with Gasteiger partial charge in [0.05, 0.1) is 17.8 Å². The third-order valence-electron chi connectivity index (χ3n) is 5.93. The van der Waals surface area contributed by atoms with Crippen molar-refractivity contribution >= 4 is 5.65 Å². The van der Waals surface area contributed by atoms with Crippen LogP contribution in [-0.2, 0) is 11.3 Å². The lowest BCUT2D eigenvalue weighted by Gasteiger charge is -2.22. The molecule has 0 radical (unpaired) electrons. The van der Waals surface area contributed by atoms with Gasteiger partial charge in [-0.1, -0.05) is 26.0 Å². The third-order valence-corrected chi connectivity index (χ3v) is 5.93. The summed E-state index contributed by atoms with van der Waals surface area (Å²) in [6, 6.07) is 11.7. The lowest BCUT2D eigenvalue weighted by atomic mass is 9.97. The molecule has 172 valence electrons. The minimum Gasteiger partial charge on any atom is -0.491 e. The Balaban J connectivity index is 1.55. The van der Waals surface area contributed by atoms with Crippen molar-refractivity contribution in [3.63, 3.8) is 0 Å². The molecule has 2 N–H and O–H groups in total. The summed E-state index contributed by atoms with van der Waals surface area (Å²) in [6.07, 6.45) is 2.06. The number of H-pyrrole nitrogens is 1. The molecule has 1 aliphatic heterocycles. The van der Waals surface area contributed by atoms with Gasteiger partial charge in [-0.3, -0.25) is 9.89 Å². The minimum atomic E-state index is -0.0805. The van der Waals surface area contributed by atoms with Crippen LogP contribution in [0.5, 0.6) is 5.75 Å². The van der Waals surface area contributed by atoms with Crippen LogP contribution in [0.25, 0.3) is 5.65 Å². The van der Waals surface area contributed by atoms with E-state index >= 15 is 0 Å². The maximum atomic E-state index is 12.9. The summed E-state index contributed by atoms with van der Waals surface area (Å²) in [4.78, 5) is 17.7. The summed E-state index contributed by atoms with van der Waals surface area (Å²) in [7, 11) is 0. The summed E-state index contributed by atoms with van der Waals surface area (Å²) >= 11 is 0. The lowest BCUT2D eigenvalue weighted by molar-refractivity contribution is 0.0844. The highest BCUT2D eigenvalue weighted by Gasteiger charge is 2.22. The number of benzene rings is 1. The molecule has 0 unspecified atom stereocenters. The van der Waals surface area contributed by atoms with Crippen LogP contribution in [0.15, 0.2) is 41.2 Å². The van der Waals surface area contributed by atoms with Gasteiger partial charge in [-0.2, -0.15) is 0 Å². The van der Waals surface area contributed by atoms with Crippen molar-refractivity contribution in [3.05, 3.63) is 63.7 Å². The van der Waals surface area contributed by atoms with Crippen molar-refractivity contribution in [2.24, 2.45) is 5.92 Å². The Bertz CT molecular complexity index is 1100. The first-order chi connectivity index (χ1) is 15.4. The van der Waals surface area contributed by atoms with E-state index < -0.39 is 0 Å². The van der Waals surface area contributed by atoms with Gasteiger partial charge < -0.3 is 14.8 Å². The largest absolute Gasteiger partial charge is 0.491 e. The summed E-state index contributed by atoms with van der Waals surface area (Å²) in [5, 5.41) is 6.86. The van der Waals surface area contributed by atoms with E-state index in [-0.39, 0.29) is 23.6 Å². The van der Waals surface area contributed by atoms with Gasteiger partial charge in [-0.15, -0.1) is 0 Å². The zero-order valence-electron chi connectivity index (χ0n) is 19.4. The maximum absolute atomic E-state index is 12.9. The number of hydrogen-bond acceptors (Lipinski definition) is 5. The molecule has 1 aliphatic rings. The number of nitrogens with zero attached hydrogens (tertiary/aromatic N) is 2. The first-order valence-electron chi connectivity index (χ1n) is 11.6. The predicted molar refractivity (Wildman–Crippen MR) is 125 cm³/mol. The molecular formula is C25H34N4O3. The monoisotopic (exact) mass is 438 g/mol. The molecule has 7 heteroatoms. The third kappa shape index (κ3) is 5.22. The van der Waals surface area contributed by atoms with Gasteiger partial charge in [-0.25, -0.2) is 9.50 Å². The van der Waals surface area contributed by atoms with Gasteiger partial charge in [0.1, 0.15) is 5.75 Å². The molecule has 0 aliphatic carbocycles. The number of nitrogens with one attached hydrogen (secondary N) is 2. The van der Waals surface area contributed by atoms with Crippen molar-refractivity contribution in [3.8, 4) is 5.75 Å². The quantitative estimate of drug-likeness (QED) is 0.551. The average Bonchev–Trinajstić information content (AvgIpc) is 3.19. The normalized spacial score (nSPS) is 16.2. The average molecular weight is 439 g/mol. The lowest BCUT2D eigenvalue weighted by Crippen LogP contribution is -2.28. The van der Waals surface area contributed by atoms with E-state index in [9.17, 15) is 4.79 Å². The number of rotatable bonds is 8. The summed E-state index contributed by atoms with van der Waals surface area (Å²) < 4.78 is 12.8. The number of hydrogen-bond donors (Lipinski definition) is 2. The van der Waals surface area contributed by atoms with E-state index in [1.165, 1.54) is 0 Å². The van der Waals surface area contributed by atoms with Crippen LogP contribution in [0.3, 0.4) is 0 Å². The van der Waals surface area contributed by atoms with Crippen LogP contribution in [-0.4, -0.2) is 33.9 Å². The fraction of sp³-hybridized carbons (Fsp3) is 0.520. The zero-order valence-corrected chi connectivity index (χ0v) is 19.4. The fourth-order valence-corrected chi connectivity index (χ4v) is 4.32. The van der Waals surface area contributed by atoms with Crippen molar-refractivity contribution in [2.75, 3.05) is 13.2 Å². The Hall–Kier alpha value is -2.64. The van der Waals surface area contributed by atoms with Crippen molar-refractivity contribution in [2.45, 2.75) is 65.1 Å². The SMILES string of the molecule is CC(C)Oc1cccc(CN[C@H](c2cc(=O)n3[nH]c(C4CCOCC4)cc3n2)C(C)C)c1. The Morgan fingerprint density at radius 1 is 1.19 bits per heavy atom. The molecule has 7 nitrogen and oxygen atoms in total. The molecule has 0 bridgehead atoms. The van der Waals surface area contributed by atoms with Crippen molar-refractivity contribution in [1.29, 1.82) is 0 Å². The second-order valence-electron chi connectivity index (χ2n) is 9.23. The Kier molecular flexibility index (Phi) is 6.96. The highest BCUT2D eigenvalue weighted by molar-refractivity contribution is 5.41. The first-order valence-corrected chi connectivity index (χ1v) is 11.6. The molecule has 1 atom stereocenters. The van der Waals surface area contributed by atoms with Crippen LogP contribution in [0, 0.1) is 5.92 Å². The molecule has 2 aromatic heterocycles. The van der Waals surface area contributed by atoms with Gasteiger partial charge in [-0.05, 0) is 50.3 Å². The van der Waals surface area contributed by atoms with Gasteiger partial charge in [0, 0.05) is 43.5 Å². The van der Waals surface area contributed by atoms with Crippen LogP contribution < -0.4 is 15.6 Å². The number of aromatic amines is 1. The maximum Gasteiger partial charge on any atom is 0.272 e. The summed E-state index contributed by atoms with van der Waals surface area (Å²) in [6.45, 7) is 10.5. The molecular weight excluding hydrogens is 404 g/mol. The van der Waals surface area contributed by atoms with E-state index in [4.69, 9.17) is 14.5 Å². The highest BCUT2D eigenvalue weighted by atomic mass is 16.5. The molecule has 3 aromatic rings. The van der Waals surface area contributed by atoms with E-state index in [0.717, 1.165) is 48.8 Å². The van der Waals surface area contributed by atoms with Crippen molar-refractivity contribution < 1.29 is 9.47 Å². The standard InChI is InChI=1S/C25H34N4O3/c1-16(2)25(26-15-18-6-5-7-20(12-18)32-17(3)4)22-14-24(30)29-23(27-22)13-21(28-29)19-8-10-31-11-9-19/h5-7,12-14,16-17,19,25-26,28H,8-11,15H2,1-4H3/t25-/m0/s1. The van der Waals surface area contributed by atoms with Crippen LogP contribution in [0.1, 0.15) is 69.4 Å². The smallest absolute Gasteiger partial charge is 0.272 e. The van der Waals surface area contributed by atoms with E-state index in [2.05, 4.69) is 36.4 Å².